The summed E-state index contributed by atoms with van der Waals surface area (Å²) >= 11 is 0. The number of hydrogen-bond acceptors (Lipinski definition) is 6. The highest BCUT2D eigenvalue weighted by Crippen LogP contribution is 2.31. The first-order chi connectivity index (χ1) is 16.2. The van der Waals surface area contributed by atoms with Crippen molar-refractivity contribution in [2.24, 2.45) is 11.8 Å². The molecule has 0 unspecified atom stereocenters. The molecule has 0 aliphatic carbocycles. The number of rotatable bonds is 11. The number of aliphatic hydroxyl groups is 1. The minimum Gasteiger partial charge on any atom is -0.457 e. The van der Waals surface area contributed by atoms with Crippen molar-refractivity contribution < 1.29 is 28.6 Å². The molecule has 1 aliphatic heterocycles. The van der Waals surface area contributed by atoms with Crippen molar-refractivity contribution in [3.05, 3.63) is 47.4 Å². The van der Waals surface area contributed by atoms with Crippen LogP contribution in [0.15, 0.2) is 34.7 Å². The Morgan fingerprint density at radius 2 is 1.85 bits per heavy atom. The highest BCUT2D eigenvalue weighted by Gasteiger charge is 2.43. The van der Waals surface area contributed by atoms with E-state index in [0.29, 0.717) is 12.2 Å². The summed E-state index contributed by atoms with van der Waals surface area (Å²) in [5, 5.41) is 8.99. The highest BCUT2D eigenvalue weighted by atomic mass is 16.6. The minimum atomic E-state index is -1.07. The van der Waals surface area contributed by atoms with Gasteiger partial charge in [-0.25, -0.2) is 9.69 Å². The van der Waals surface area contributed by atoms with Gasteiger partial charge in [-0.15, -0.1) is 0 Å². The zero-order chi connectivity index (χ0) is 24.8. The fourth-order valence-corrected chi connectivity index (χ4v) is 4.26. The Labute approximate surface area is 201 Å². The maximum absolute atomic E-state index is 13.3. The number of carbonyl (C=O) groups is 3. The molecule has 3 rings (SSSR count). The fraction of sp³-hybridized carbons (Fsp3) is 0.519. The molecule has 2 amide bonds. The minimum absolute atomic E-state index is 0.0201. The number of carbonyl (C=O) groups excluding carboxylic acids is 3. The van der Waals surface area contributed by atoms with E-state index in [9.17, 15) is 14.4 Å². The molecule has 2 atom stereocenters. The van der Waals surface area contributed by atoms with Crippen molar-refractivity contribution in [3.63, 3.8) is 0 Å². The molecule has 2 aromatic rings. The molecule has 1 saturated heterocycles. The summed E-state index contributed by atoms with van der Waals surface area (Å²) in [4.78, 5) is 39.7. The molecular weight excluding hydrogens is 434 g/mol. The second-order valence-electron chi connectivity index (χ2n) is 9.39. The van der Waals surface area contributed by atoms with Gasteiger partial charge in [0, 0.05) is 18.6 Å². The first-order valence-electron chi connectivity index (χ1n) is 12.1. The van der Waals surface area contributed by atoms with Gasteiger partial charge in [-0.1, -0.05) is 56.5 Å². The molecule has 2 heterocycles. The van der Waals surface area contributed by atoms with Crippen molar-refractivity contribution in [1.82, 2.24) is 4.90 Å². The second-order valence-corrected chi connectivity index (χ2v) is 9.39. The zero-order valence-corrected chi connectivity index (χ0v) is 20.5. The largest absolute Gasteiger partial charge is 0.457 e. The number of imide groups is 1. The molecule has 7 heteroatoms. The Balaban J connectivity index is 1.84. The van der Waals surface area contributed by atoms with E-state index in [2.05, 4.69) is 0 Å². The first kappa shape index (κ1) is 25.7. The molecule has 1 fully saturated rings. The molecule has 184 valence electrons. The van der Waals surface area contributed by atoms with Gasteiger partial charge in [0.25, 0.3) is 0 Å². The van der Waals surface area contributed by atoms with Gasteiger partial charge in [0.05, 0.1) is 6.04 Å². The number of unbranched alkanes of at least 4 members (excludes halogenated alkanes) is 3. The molecule has 1 aliphatic rings. The number of ether oxygens (including phenoxy) is 1. The van der Waals surface area contributed by atoms with E-state index < -0.39 is 23.7 Å². The van der Waals surface area contributed by atoms with Gasteiger partial charge in [0.2, 0.25) is 11.7 Å². The molecule has 7 nitrogen and oxygen atoms in total. The predicted octanol–water partition coefficient (Wildman–Crippen LogP) is 5.17. The summed E-state index contributed by atoms with van der Waals surface area (Å²) in [5.41, 5.74) is 2.89. The SMILES string of the molecule is Cc1cccc(-c2cc(C(=O)[C@@H](C)C(=O)N3C(=O)OC[C@H]3C(C)C)oc2CCCCCCO)c1. The van der Waals surface area contributed by atoms with Crippen LogP contribution in [0.2, 0.25) is 0 Å². The van der Waals surface area contributed by atoms with E-state index in [1.807, 2.05) is 45.0 Å². The van der Waals surface area contributed by atoms with Crippen molar-refractivity contribution in [2.75, 3.05) is 13.2 Å². The average Bonchev–Trinajstić information content (AvgIpc) is 3.41. The summed E-state index contributed by atoms with van der Waals surface area (Å²) in [5.74, 6) is -1.24. The maximum Gasteiger partial charge on any atom is 0.417 e. The third-order valence-electron chi connectivity index (χ3n) is 6.37. The lowest BCUT2D eigenvalue weighted by Gasteiger charge is -2.24. The van der Waals surface area contributed by atoms with Crippen LogP contribution in [0.1, 0.15) is 68.3 Å². The Hall–Kier alpha value is -2.93. The van der Waals surface area contributed by atoms with E-state index in [1.165, 1.54) is 6.92 Å². The fourth-order valence-electron chi connectivity index (χ4n) is 4.26. The molecule has 1 aromatic carbocycles. The summed E-state index contributed by atoms with van der Waals surface area (Å²) < 4.78 is 11.1. The number of nitrogens with zero attached hydrogens (tertiary/aromatic N) is 1. The van der Waals surface area contributed by atoms with Gasteiger partial charge in [-0.2, -0.15) is 0 Å². The first-order valence-corrected chi connectivity index (χ1v) is 12.1. The zero-order valence-electron chi connectivity index (χ0n) is 20.5. The number of cyclic esters (lactones) is 1. The third-order valence-corrected chi connectivity index (χ3v) is 6.37. The Bertz CT molecular complexity index is 1020. The van der Waals surface area contributed by atoms with Gasteiger partial charge in [0.1, 0.15) is 18.3 Å². The number of amides is 2. The molecule has 34 heavy (non-hydrogen) atoms. The second kappa shape index (κ2) is 11.5. The van der Waals surface area contributed by atoms with E-state index in [0.717, 1.165) is 47.3 Å². The van der Waals surface area contributed by atoms with Crippen molar-refractivity contribution in [3.8, 4) is 11.1 Å². The van der Waals surface area contributed by atoms with E-state index >= 15 is 0 Å². The van der Waals surface area contributed by atoms with Crippen LogP contribution in [-0.4, -0.2) is 47.0 Å². The molecule has 1 aromatic heterocycles. The number of aryl methyl sites for hydroxylation is 2. The molecule has 0 spiro atoms. The molecule has 1 N–H and O–H groups in total. The van der Waals surface area contributed by atoms with E-state index in [-0.39, 0.29) is 30.9 Å². The summed E-state index contributed by atoms with van der Waals surface area (Å²) in [6.07, 6.45) is 3.45. The van der Waals surface area contributed by atoms with Crippen molar-refractivity contribution in [2.45, 2.75) is 65.8 Å². The number of ketones is 1. The van der Waals surface area contributed by atoms with Crippen LogP contribution in [0, 0.1) is 18.8 Å². The van der Waals surface area contributed by atoms with Crippen LogP contribution in [0.25, 0.3) is 11.1 Å². The smallest absolute Gasteiger partial charge is 0.417 e. The summed E-state index contributed by atoms with van der Waals surface area (Å²) in [7, 11) is 0. The van der Waals surface area contributed by atoms with Crippen LogP contribution in [0.5, 0.6) is 0 Å². The Kier molecular flexibility index (Phi) is 8.67. The number of aliphatic hydroxyl groups excluding tert-OH is 1. The molecule has 0 bridgehead atoms. The van der Waals surface area contributed by atoms with Crippen LogP contribution >= 0.6 is 0 Å². The van der Waals surface area contributed by atoms with Crippen LogP contribution in [0.3, 0.4) is 0 Å². The van der Waals surface area contributed by atoms with E-state index in [1.54, 1.807) is 6.07 Å². The maximum atomic E-state index is 13.3. The quantitative estimate of drug-likeness (QED) is 0.277. The van der Waals surface area contributed by atoms with Gasteiger partial charge >= 0.3 is 6.09 Å². The number of benzene rings is 1. The Morgan fingerprint density at radius 1 is 1.12 bits per heavy atom. The number of furan rings is 1. The number of Topliss-reactive ketones (excluding diaryl/α,β-unsaturated/α-hetero) is 1. The topological polar surface area (TPSA) is 97.1 Å². The van der Waals surface area contributed by atoms with Crippen molar-refractivity contribution in [1.29, 1.82) is 0 Å². The van der Waals surface area contributed by atoms with Gasteiger partial charge in [0.15, 0.2) is 5.76 Å². The van der Waals surface area contributed by atoms with Crippen LogP contribution < -0.4 is 0 Å². The lowest BCUT2D eigenvalue weighted by Crippen LogP contribution is -2.45. The monoisotopic (exact) mass is 469 g/mol. The molecule has 0 radical (unpaired) electrons. The summed E-state index contributed by atoms with van der Waals surface area (Å²) in [6, 6.07) is 9.31. The summed E-state index contributed by atoms with van der Waals surface area (Å²) in [6.45, 7) is 7.66. The predicted molar refractivity (Wildman–Crippen MR) is 128 cm³/mol. The molecule has 0 saturated carbocycles. The highest BCUT2D eigenvalue weighted by molar-refractivity contribution is 6.12. The normalized spacial score (nSPS) is 16.7. The van der Waals surface area contributed by atoms with Gasteiger partial charge in [-0.3, -0.25) is 9.59 Å². The van der Waals surface area contributed by atoms with Gasteiger partial charge in [-0.05, 0) is 44.2 Å². The standard InChI is InChI=1S/C27H35NO6/c1-17(2)22-16-33-27(32)28(22)26(31)19(4)25(30)24-15-21(20-11-9-10-18(3)14-20)23(34-24)12-7-5-6-8-13-29/h9-11,14-15,17,19,22,29H,5-8,12-13,16H2,1-4H3/t19-,22+/m1/s1. The lowest BCUT2D eigenvalue weighted by molar-refractivity contribution is -0.132. The average molecular weight is 470 g/mol. The van der Waals surface area contributed by atoms with Crippen LogP contribution in [-0.2, 0) is 16.0 Å². The van der Waals surface area contributed by atoms with E-state index in [4.69, 9.17) is 14.3 Å². The van der Waals surface area contributed by atoms with Gasteiger partial charge < -0.3 is 14.3 Å². The lowest BCUT2D eigenvalue weighted by atomic mass is 9.97. The molecular formula is C27H35NO6. The van der Waals surface area contributed by atoms with Crippen molar-refractivity contribution >= 4 is 17.8 Å². The Morgan fingerprint density at radius 3 is 2.53 bits per heavy atom. The third kappa shape index (κ3) is 5.76. The number of hydrogen-bond donors (Lipinski definition) is 1. The van der Waals surface area contributed by atoms with Crippen LogP contribution in [0.4, 0.5) is 4.79 Å².